The zero-order chi connectivity index (χ0) is 14.5. The van der Waals surface area contributed by atoms with E-state index in [9.17, 15) is 0 Å². The van der Waals surface area contributed by atoms with Crippen molar-refractivity contribution in [1.82, 2.24) is 0 Å². The molecule has 0 fully saturated rings. The Balaban J connectivity index is 2.40. The van der Waals surface area contributed by atoms with Crippen molar-refractivity contribution in [3.63, 3.8) is 0 Å². The topological polar surface area (TPSA) is 38.5 Å². The number of para-hydroxylation sites is 2. The summed E-state index contributed by atoms with van der Waals surface area (Å²) in [5.74, 6) is 0.742. The highest BCUT2D eigenvalue weighted by atomic mass is 16.5. The van der Waals surface area contributed by atoms with Gasteiger partial charge >= 0.3 is 0 Å². The fourth-order valence-corrected chi connectivity index (χ4v) is 2.22. The molecule has 0 bridgehead atoms. The fourth-order valence-electron chi connectivity index (χ4n) is 2.22. The second-order valence-corrected chi connectivity index (χ2v) is 4.94. The van der Waals surface area contributed by atoms with Crippen LogP contribution in [0.5, 0.6) is 5.75 Å². The van der Waals surface area contributed by atoms with Crippen molar-refractivity contribution in [2.75, 3.05) is 17.2 Å². The molecule has 0 aliphatic carbocycles. The average Bonchev–Trinajstić information content (AvgIpc) is 2.44. The summed E-state index contributed by atoms with van der Waals surface area (Å²) in [6.45, 7) is 6.96. The van der Waals surface area contributed by atoms with Crippen molar-refractivity contribution < 1.29 is 4.74 Å². The van der Waals surface area contributed by atoms with Crippen LogP contribution in [0.15, 0.2) is 48.5 Å². The summed E-state index contributed by atoms with van der Waals surface area (Å²) in [4.78, 5) is 2.18. The molecular weight excluding hydrogens is 248 g/mol. The predicted molar refractivity (Wildman–Crippen MR) is 85.7 cm³/mol. The van der Waals surface area contributed by atoms with E-state index in [2.05, 4.69) is 24.0 Å². The molecule has 0 atom stereocenters. The largest absolute Gasteiger partial charge is 0.489 e. The van der Waals surface area contributed by atoms with Gasteiger partial charge in [-0.05, 0) is 45.0 Å². The van der Waals surface area contributed by atoms with Gasteiger partial charge in [-0.3, -0.25) is 0 Å². The van der Waals surface area contributed by atoms with E-state index in [0.29, 0.717) is 5.69 Å². The van der Waals surface area contributed by atoms with E-state index >= 15 is 0 Å². The Morgan fingerprint density at radius 3 is 2.35 bits per heavy atom. The lowest BCUT2D eigenvalue weighted by Gasteiger charge is -2.26. The summed E-state index contributed by atoms with van der Waals surface area (Å²) >= 11 is 0. The molecule has 0 radical (unpaired) electrons. The lowest BCUT2D eigenvalue weighted by Crippen LogP contribution is -2.18. The van der Waals surface area contributed by atoms with Gasteiger partial charge in [0.2, 0.25) is 0 Å². The minimum absolute atomic E-state index is 0.111. The number of nitrogens with two attached hydrogens (primary N) is 1. The molecule has 0 aromatic heterocycles. The smallest absolute Gasteiger partial charge is 0.144 e. The third-order valence-electron chi connectivity index (χ3n) is 3.08. The van der Waals surface area contributed by atoms with Gasteiger partial charge in [0.05, 0.1) is 17.5 Å². The molecule has 2 N–H and O–H groups in total. The molecule has 0 aliphatic rings. The van der Waals surface area contributed by atoms with Crippen LogP contribution in [0, 0.1) is 0 Å². The van der Waals surface area contributed by atoms with E-state index in [4.69, 9.17) is 10.5 Å². The molecule has 0 saturated heterocycles. The van der Waals surface area contributed by atoms with Gasteiger partial charge in [0.25, 0.3) is 0 Å². The maximum atomic E-state index is 6.28. The van der Waals surface area contributed by atoms with E-state index in [-0.39, 0.29) is 6.10 Å². The van der Waals surface area contributed by atoms with Gasteiger partial charge in [-0.1, -0.05) is 24.3 Å². The number of benzene rings is 2. The maximum absolute atomic E-state index is 6.28. The zero-order valence-corrected chi connectivity index (χ0v) is 12.3. The van der Waals surface area contributed by atoms with Gasteiger partial charge in [-0.2, -0.15) is 0 Å². The first-order valence-corrected chi connectivity index (χ1v) is 7.01. The summed E-state index contributed by atoms with van der Waals surface area (Å²) in [5.41, 5.74) is 9.08. The van der Waals surface area contributed by atoms with E-state index < -0.39 is 0 Å². The van der Waals surface area contributed by atoms with Crippen LogP contribution in [0.2, 0.25) is 0 Å². The normalized spacial score (nSPS) is 10.6. The van der Waals surface area contributed by atoms with Crippen LogP contribution in [0.1, 0.15) is 20.8 Å². The molecule has 0 aliphatic heterocycles. The van der Waals surface area contributed by atoms with E-state index in [1.54, 1.807) is 0 Å². The molecule has 20 heavy (non-hydrogen) atoms. The van der Waals surface area contributed by atoms with Gasteiger partial charge in [-0.15, -0.1) is 0 Å². The highest BCUT2D eigenvalue weighted by Crippen LogP contribution is 2.36. The third-order valence-corrected chi connectivity index (χ3v) is 3.08. The van der Waals surface area contributed by atoms with Crippen molar-refractivity contribution in [2.45, 2.75) is 26.9 Å². The third kappa shape index (κ3) is 3.05. The molecule has 2 aromatic rings. The lowest BCUT2D eigenvalue weighted by atomic mass is 10.2. The van der Waals surface area contributed by atoms with Gasteiger partial charge in [-0.25, -0.2) is 0 Å². The molecule has 2 aromatic carbocycles. The summed E-state index contributed by atoms with van der Waals surface area (Å²) in [6.07, 6.45) is 0.111. The minimum Gasteiger partial charge on any atom is -0.489 e. The van der Waals surface area contributed by atoms with Crippen molar-refractivity contribution in [2.24, 2.45) is 0 Å². The monoisotopic (exact) mass is 270 g/mol. The number of rotatable bonds is 5. The van der Waals surface area contributed by atoms with Crippen LogP contribution in [0.4, 0.5) is 17.1 Å². The first-order chi connectivity index (χ1) is 9.63. The molecule has 0 heterocycles. The van der Waals surface area contributed by atoms with E-state index in [1.165, 1.54) is 0 Å². The summed E-state index contributed by atoms with van der Waals surface area (Å²) in [5, 5.41) is 0. The Bertz CT molecular complexity index is 552. The van der Waals surface area contributed by atoms with E-state index in [1.807, 2.05) is 50.2 Å². The van der Waals surface area contributed by atoms with Gasteiger partial charge in [0.15, 0.2) is 0 Å². The molecule has 0 amide bonds. The molecule has 0 spiro atoms. The molecule has 106 valence electrons. The first kappa shape index (κ1) is 14.3. The second kappa shape index (κ2) is 6.33. The Morgan fingerprint density at radius 2 is 1.75 bits per heavy atom. The Labute approximate surface area is 121 Å². The Kier molecular flexibility index (Phi) is 4.51. The number of anilines is 3. The summed E-state index contributed by atoms with van der Waals surface area (Å²) in [7, 11) is 0. The zero-order valence-electron chi connectivity index (χ0n) is 12.3. The van der Waals surface area contributed by atoms with Crippen LogP contribution in [0.3, 0.4) is 0 Å². The molecule has 3 nitrogen and oxygen atoms in total. The number of hydrogen-bond acceptors (Lipinski definition) is 3. The first-order valence-electron chi connectivity index (χ1n) is 7.01. The minimum atomic E-state index is 0.111. The highest BCUT2D eigenvalue weighted by Gasteiger charge is 2.14. The highest BCUT2D eigenvalue weighted by molar-refractivity contribution is 5.79. The fraction of sp³-hybridized carbons (Fsp3) is 0.294. The molecular formula is C17H22N2O. The predicted octanol–water partition coefficient (Wildman–Crippen LogP) is 4.21. The van der Waals surface area contributed by atoms with Crippen molar-refractivity contribution in [3.8, 4) is 5.75 Å². The molecule has 0 saturated carbocycles. The quantitative estimate of drug-likeness (QED) is 0.827. The van der Waals surface area contributed by atoms with Crippen LogP contribution < -0.4 is 15.4 Å². The average molecular weight is 270 g/mol. The standard InChI is InChI=1S/C17H22N2O/c1-4-19(14-9-6-5-7-10-14)15-11-8-12-16(17(15)18)20-13(2)3/h5-13H,4,18H2,1-3H3. The second-order valence-electron chi connectivity index (χ2n) is 4.94. The van der Waals surface area contributed by atoms with Crippen molar-refractivity contribution in [3.05, 3.63) is 48.5 Å². The summed E-state index contributed by atoms with van der Waals surface area (Å²) in [6, 6.07) is 16.2. The van der Waals surface area contributed by atoms with Crippen LogP contribution in [-0.2, 0) is 0 Å². The number of hydrogen-bond donors (Lipinski definition) is 1. The van der Waals surface area contributed by atoms with Crippen molar-refractivity contribution in [1.29, 1.82) is 0 Å². The van der Waals surface area contributed by atoms with Crippen LogP contribution in [0.25, 0.3) is 0 Å². The molecule has 3 heteroatoms. The van der Waals surface area contributed by atoms with Gasteiger partial charge < -0.3 is 15.4 Å². The van der Waals surface area contributed by atoms with Crippen LogP contribution in [-0.4, -0.2) is 12.6 Å². The lowest BCUT2D eigenvalue weighted by molar-refractivity contribution is 0.244. The van der Waals surface area contributed by atoms with E-state index in [0.717, 1.165) is 23.7 Å². The van der Waals surface area contributed by atoms with Gasteiger partial charge in [0.1, 0.15) is 5.75 Å². The maximum Gasteiger partial charge on any atom is 0.144 e. The Hall–Kier alpha value is -2.16. The van der Waals surface area contributed by atoms with Gasteiger partial charge in [0, 0.05) is 12.2 Å². The SMILES string of the molecule is CCN(c1ccccc1)c1cccc(OC(C)C)c1N. The van der Waals surface area contributed by atoms with Crippen molar-refractivity contribution >= 4 is 17.1 Å². The number of nitrogen functional groups attached to an aromatic ring is 1. The molecule has 2 rings (SSSR count). The van der Waals surface area contributed by atoms with Crippen LogP contribution >= 0.6 is 0 Å². The number of ether oxygens (including phenoxy) is 1. The number of nitrogens with zero attached hydrogens (tertiary/aromatic N) is 1. The summed E-state index contributed by atoms with van der Waals surface area (Å²) < 4.78 is 5.76. The molecule has 0 unspecified atom stereocenters. The Morgan fingerprint density at radius 1 is 1.05 bits per heavy atom.